The topological polar surface area (TPSA) is 71.8 Å². The van der Waals surface area contributed by atoms with E-state index in [4.69, 9.17) is 5.73 Å². The van der Waals surface area contributed by atoms with Gasteiger partial charge in [-0.1, -0.05) is 18.2 Å². The van der Waals surface area contributed by atoms with Crippen LogP contribution in [0.5, 0.6) is 0 Å². The summed E-state index contributed by atoms with van der Waals surface area (Å²) in [5.74, 6) is 0.0277. The van der Waals surface area contributed by atoms with E-state index in [1.807, 2.05) is 24.3 Å². The Labute approximate surface area is 111 Å². The number of hydrogen-bond acceptors (Lipinski definition) is 3. The van der Waals surface area contributed by atoms with Gasteiger partial charge < -0.3 is 10.7 Å². The maximum Gasteiger partial charge on any atom is 0.161 e. The van der Waals surface area contributed by atoms with Crippen LogP contribution in [-0.2, 0) is 0 Å². The van der Waals surface area contributed by atoms with E-state index in [0.29, 0.717) is 5.56 Å². The molecule has 0 aliphatic heterocycles. The van der Waals surface area contributed by atoms with Crippen LogP contribution in [0.3, 0.4) is 0 Å². The van der Waals surface area contributed by atoms with Gasteiger partial charge in [-0.3, -0.25) is 4.79 Å². The molecule has 0 fully saturated rings. The monoisotopic (exact) mass is 253 g/mol. The lowest BCUT2D eigenvalue weighted by Gasteiger charge is -2.10. The van der Waals surface area contributed by atoms with Gasteiger partial charge in [-0.2, -0.15) is 0 Å². The van der Waals surface area contributed by atoms with Gasteiger partial charge in [0.15, 0.2) is 5.78 Å². The van der Waals surface area contributed by atoms with Crippen LogP contribution in [-0.4, -0.2) is 21.8 Å². The Bertz CT molecular complexity index is 709. The fraction of sp³-hybridized carbons (Fsp3) is 0.200. The number of Topliss-reactive ketones (excluding diaryl/α,β-unsaturated/α-hetero) is 1. The third-order valence-electron chi connectivity index (χ3n) is 3.32. The summed E-state index contributed by atoms with van der Waals surface area (Å²) in [4.78, 5) is 18.9. The van der Waals surface area contributed by atoms with Crippen molar-refractivity contribution < 1.29 is 4.79 Å². The highest BCUT2D eigenvalue weighted by Crippen LogP contribution is 2.24. The average molecular weight is 253 g/mol. The maximum absolute atomic E-state index is 11.3. The van der Waals surface area contributed by atoms with Crippen molar-refractivity contribution in [2.24, 2.45) is 5.73 Å². The predicted octanol–water partition coefficient (Wildman–Crippen LogP) is 2.44. The van der Waals surface area contributed by atoms with Crippen LogP contribution in [0.25, 0.3) is 16.6 Å². The quantitative estimate of drug-likeness (QED) is 0.807. The van der Waals surface area contributed by atoms with E-state index in [9.17, 15) is 4.79 Å². The standard InChI is InChI=1S/C15H15N3O/c1-9(19)12-6-11-7-14(18-15(11)17-8-12)10-2-4-13(16)5-3-10/h2-4,6-8,13H,5,16H2,1H3,(H,17,18). The highest BCUT2D eigenvalue weighted by molar-refractivity contribution is 5.97. The van der Waals surface area contributed by atoms with Crippen LogP contribution in [0.2, 0.25) is 0 Å². The first-order valence-corrected chi connectivity index (χ1v) is 6.27. The summed E-state index contributed by atoms with van der Waals surface area (Å²) < 4.78 is 0. The van der Waals surface area contributed by atoms with Gasteiger partial charge in [-0.15, -0.1) is 0 Å². The third-order valence-corrected chi connectivity index (χ3v) is 3.32. The Hall–Kier alpha value is -2.20. The summed E-state index contributed by atoms with van der Waals surface area (Å²) in [5.41, 5.74) is 9.36. The molecular weight excluding hydrogens is 238 g/mol. The van der Waals surface area contributed by atoms with Gasteiger partial charge in [-0.05, 0) is 31.1 Å². The molecule has 0 spiro atoms. The van der Waals surface area contributed by atoms with Gasteiger partial charge >= 0.3 is 0 Å². The summed E-state index contributed by atoms with van der Waals surface area (Å²) in [6.07, 6.45) is 8.57. The summed E-state index contributed by atoms with van der Waals surface area (Å²) in [6, 6.07) is 3.99. The summed E-state index contributed by atoms with van der Waals surface area (Å²) in [6.45, 7) is 1.55. The number of fused-ring (bicyclic) bond motifs is 1. The Morgan fingerprint density at radius 2 is 2.32 bits per heavy atom. The molecule has 3 N–H and O–H groups in total. The van der Waals surface area contributed by atoms with E-state index < -0.39 is 0 Å². The number of nitrogens with zero attached hydrogens (tertiary/aromatic N) is 1. The Balaban J connectivity index is 2.02. The molecule has 2 aromatic rings. The van der Waals surface area contributed by atoms with Gasteiger partial charge in [0.05, 0.1) is 0 Å². The van der Waals surface area contributed by atoms with E-state index in [1.165, 1.54) is 0 Å². The summed E-state index contributed by atoms with van der Waals surface area (Å²) in [7, 11) is 0. The molecule has 2 aromatic heterocycles. The van der Waals surface area contributed by atoms with E-state index >= 15 is 0 Å². The number of H-pyrrole nitrogens is 1. The minimum Gasteiger partial charge on any atom is -0.339 e. The van der Waals surface area contributed by atoms with E-state index in [0.717, 1.165) is 28.7 Å². The number of ketones is 1. The summed E-state index contributed by atoms with van der Waals surface area (Å²) >= 11 is 0. The van der Waals surface area contributed by atoms with Gasteiger partial charge in [0.25, 0.3) is 0 Å². The van der Waals surface area contributed by atoms with Crippen molar-refractivity contribution >= 4 is 22.4 Å². The molecule has 4 heteroatoms. The second-order valence-corrected chi connectivity index (χ2v) is 4.82. The molecule has 0 radical (unpaired) electrons. The number of nitrogens with two attached hydrogens (primary N) is 1. The number of aromatic nitrogens is 2. The first kappa shape index (κ1) is 11.9. The van der Waals surface area contributed by atoms with Crippen molar-refractivity contribution in [3.05, 3.63) is 47.8 Å². The van der Waals surface area contributed by atoms with E-state index in [1.54, 1.807) is 13.1 Å². The molecule has 1 atom stereocenters. The van der Waals surface area contributed by atoms with Crippen LogP contribution in [0, 0.1) is 0 Å². The van der Waals surface area contributed by atoms with Crippen molar-refractivity contribution in [1.82, 2.24) is 9.97 Å². The molecule has 1 unspecified atom stereocenters. The number of nitrogens with one attached hydrogen (secondary N) is 1. The number of rotatable bonds is 2. The number of aromatic amines is 1. The zero-order valence-corrected chi connectivity index (χ0v) is 10.7. The first-order valence-electron chi connectivity index (χ1n) is 6.27. The lowest BCUT2D eigenvalue weighted by molar-refractivity contribution is 0.101. The SMILES string of the molecule is CC(=O)c1cnc2[nH]c(C3=CCC(N)C=C3)cc2c1. The molecule has 19 heavy (non-hydrogen) atoms. The van der Waals surface area contributed by atoms with Crippen molar-refractivity contribution in [1.29, 1.82) is 0 Å². The second kappa shape index (κ2) is 4.48. The van der Waals surface area contributed by atoms with Crippen molar-refractivity contribution in [3.8, 4) is 0 Å². The Kier molecular flexibility index (Phi) is 2.80. The molecule has 3 rings (SSSR count). The average Bonchev–Trinajstić information content (AvgIpc) is 2.82. The maximum atomic E-state index is 11.3. The molecule has 96 valence electrons. The highest BCUT2D eigenvalue weighted by Gasteiger charge is 2.10. The van der Waals surface area contributed by atoms with Crippen LogP contribution in [0.15, 0.2) is 36.6 Å². The number of hydrogen-bond donors (Lipinski definition) is 2. The molecule has 1 aliphatic carbocycles. The molecule has 0 amide bonds. The lowest BCUT2D eigenvalue weighted by atomic mass is 10.0. The van der Waals surface area contributed by atoms with Crippen molar-refractivity contribution in [2.75, 3.05) is 0 Å². The van der Waals surface area contributed by atoms with Crippen LogP contribution >= 0.6 is 0 Å². The zero-order valence-electron chi connectivity index (χ0n) is 10.7. The first-order chi connectivity index (χ1) is 9.13. The van der Waals surface area contributed by atoms with Crippen molar-refractivity contribution in [3.63, 3.8) is 0 Å². The largest absolute Gasteiger partial charge is 0.339 e. The molecule has 0 saturated heterocycles. The number of allylic oxidation sites excluding steroid dienone is 2. The molecule has 0 aromatic carbocycles. The predicted molar refractivity (Wildman–Crippen MR) is 75.8 cm³/mol. The van der Waals surface area contributed by atoms with Gasteiger partial charge in [-0.25, -0.2) is 4.98 Å². The molecule has 0 bridgehead atoms. The highest BCUT2D eigenvalue weighted by atomic mass is 16.1. The Morgan fingerprint density at radius 3 is 3.00 bits per heavy atom. The number of carbonyl (C=O) groups is 1. The molecule has 4 nitrogen and oxygen atoms in total. The lowest BCUT2D eigenvalue weighted by Crippen LogP contribution is -2.17. The van der Waals surface area contributed by atoms with Gasteiger partial charge in [0, 0.05) is 28.9 Å². The zero-order chi connectivity index (χ0) is 13.4. The smallest absolute Gasteiger partial charge is 0.161 e. The summed E-state index contributed by atoms with van der Waals surface area (Å²) in [5, 5.41) is 0.951. The molecular formula is C15H15N3O. The molecule has 0 saturated carbocycles. The van der Waals surface area contributed by atoms with E-state index in [-0.39, 0.29) is 11.8 Å². The Morgan fingerprint density at radius 1 is 1.47 bits per heavy atom. The van der Waals surface area contributed by atoms with Crippen LogP contribution < -0.4 is 5.73 Å². The number of carbonyl (C=O) groups excluding carboxylic acids is 1. The second-order valence-electron chi connectivity index (χ2n) is 4.82. The van der Waals surface area contributed by atoms with Crippen LogP contribution in [0.4, 0.5) is 0 Å². The van der Waals surface area contributed by atoms with Crippen molar-refractivity contribution in [2.45, 2.75) is 19.4 Å². The number of pyridine rings is 1. The van der Waals surface area contributed by atoms with Gasteiger partial charge in [0.2, 0.25) is 0 Å². The normalized spacial score (nSPS) is 18.6. The third kappa shape index (κ3) is 2.22. The van der Waals surface area contributed by atoms with E-state index in [2.05, 4.69) is 16.0 Å². The van der Waals surface area contributed by atoms with Gasteiger partial charge in [0.1, 0.15) is 5.65 Å². The minimum atomic E-state index is 0.0277. The fourth-order valence-electron chi connectivity index (χ4n) is 2.20. The molecule has 2 heterocycles. The molecule has 1 aliphatic rings. The van der Waals surface area contributed by atoms with Crippen LogP contribution in [0.1, 0.15) is 29.4 Å². The minimum absolute atomic E-state index is 0.0277. The fourth-order valence-corrected chi connectivity index (χ4v) is 2.20.